The van der Waals surface area contributed by atoms with Gasteiger partial charge in [0.1, 0.15) is 5.82 Å². The molecule has 3 rings (SSSR count). The van der Waals surface area contributed by atoms with Gasteiger partial charge in [0.15, 0.2) is 0 Å². The van der Waals surface area contributed by atoms with Crippen molar-refractivity contribution in [2.45, 2.75) is 19.3 Å². The summed E-state index contributed by atoms with van der Waals surface area (Å²) in [6.07, 6.45) is 5.62. The second-order valence-corrected chi connectivity index (χ2v) is 5.27. The smallest absolute Gasteiger partial charge is 0.123 e. The molecule has 0 aromatic carbocycles. The fourth-order valence-electron chi connectivity index (χ4n) is 2.98. The fourth-order valence-corrected chi connectivity index (χ4v) is 2.98. The number of piperidine rings is 1. The van der Waals surface area contributed by atoms with Crippen molar-refractivity contribution in [3.05, 3.63) is 18.3 Å². The Bertz CT molecular complexity index is 384. The van der Waals surface area contributed by atoms with E-state index in [0.29, 0.717) is 11.2 Å². The van der Waals surface area contributed by atoms with E-state index >= 15 is 0 Å². The molecule has 1 atom stereocenters. The summed E-state index contributed by atoms with van der Waals surface area (Å²) >= 11 is 0. The van der Waals surface area contributed by atoms with Gasteiger partial charge in [-0.15, -0.1) is 0 Å². The summed E-state index contributed by atoms with van der Waals surface area (Å²) in [4.78, 5) is 6.60. The van der Waals surface area contributed by atoms with Gasteiger partial charge in [0, 0.05) is 25.1 Å². The van der Waals surface area contributed by atoms with Gasteiger partial charge < -0.3 is 15.4 Å². The lowest BCUT2D eigenvalue weighted by Gasteiger charge is -2.40. The molecule has 0 radical (unpaired) electrons. The van der Waals surface area contributed by atoms with E-state index in [9.17, 15) is 0 Å². The number of anilines is 2. The molecular formula is C13H19N3O. The molecule has 4 heteroatoms. The minimum absolute atomic E-state index is 0.389. The van der Waals surface area contributed by atoms with E-state index in [1.54, 1.807) is 0 Å². The molecule has 1 spiro atoms. The largest absolute Gasteiger partial charge is 0.384 e. The van der Waals surface area contributed by atoms with Crippen LogP contribution in [0, 0.1) is 5.41 Å². The van der Waals surface area contributed by atoms with Crippen molar-refractivity contribution >= 4 is 11.5 Å². The first kappa shape index (κ1) is 10.8. The van der Waals surface area contributed by atoms with E-state index in [1.165, 1.54) is 24.9 Å². The van der Waals surface area contributed by atoms with Crippen molar-refractivity contribution < 1.29 is 4.74 Å². The second-order valence-electron chi connectivity index (χ2n) is 5.27. The Balaban J connectivity index is 1.77. The van der Waals surface area contributed by atoms with Crippen LogP contribution in [-0.2, 0) is 4.74 Å². The van der Waals surface area contributed by atoms with Gasteiger partial charge in [-0.25, -0.2) is 4.98 Å². The maximum absolute atomic E-state index is 5.62. The number of ether oxygens (including phenoxy) is 1. The van der Waals surface area contributed by atoms with Crippen LogP contribution < -0.4 is 10.6 Å². The van der Waals surface area contributed by atoms with Gasteiger partial charge in [-0.1, -0.05) is 0 Å². The molecule has 0 saturated carbocycles. The Labute approximate surface area is 102 Å². The van der Waals surface area contributed by atoms with E-state index in [2.05, 4.69) is 16.0 Å². The molecule has 0 amide bonds. The Kier molecular flexibility index (Phi) is 2.67. The Hall–Kier alpha value is -1.29. The molecule has 2 aliphatic rings. The molecule has 1 aromatic rings. The lowest BCUT2D eigenvalue weighted by molar-refractivity contribution is 0.139. The predicted molar refractivity (Wildman–Crippen MR) is 68.0 cm³/mol. The molecule has 0 bridgehead atoms. The summed E-state index contributed by atoms with van der Waals surface area (Å²) < 4.78 is 5.58. The molecule has 17 heavy (non-hydrogen) atoms. The third-order valence-corrected chi connectivity index (χ3v) is 3.98. The van der Waals surface area contributed by atoms with Crippen LogP contribution in [0.25, 0.3) is 0 Å². The third kappa shape index (κ3) is 2.09. The van der Waals surface area contributed by atoms with Gasteiger partial charge >= 0.3 is 0 Å². The number of nitrogens with two attached hydrogens (primary N) is 1. The summed E-state index contributed by atoms with van der Waals surface area (Å²) in [5, 5.41) is 0. The van der Waals surface area contributed by atoms with Gasteiger partial charge in [0.05, 0.1) is 18.5 Å². The van der Waals surface area contributed by atoms with Crippen molar-refractivity contribution in [1.82, 2.24) is 4.98 Å². The van der Waals surface area contributed by atoms with Gasteiger partial charge in [0.25, 0.3) is 0 Å². The summed E-state index contributed by atoms with van der Waals surface area (Å²) in [5.74, 6) is 0.588. The lowest BCUT2D eigenvalue weighted by atomic mass is 9.79. The van der Waals surface area contributed by atoms with Crippen LogP contribution in [0.4, 0.5) is 11.5 Å². The number of nitrogens with zero attached hydrogens (tertiary/aromatic N) is 2. The zero-order valence-corrected chi connectivity index (χ0v) is 10.1. The zero-order chi connectivity index (χ0) is 11.7. The number of pyridine rings is 1. The van der Waals surface area contributed by atoms with Crippen LogP contribution in [-0.4, -0.2) is 31.3 Å². The number of aromatic nitrogens is 1. The molecule has 92 valence electrons. The highest BCUT2D eigenvalue weighted by Gasteiger charge is 2.38. The highest BCUT2D eigenvalue weighted by atomic mass is 16.5. The molecule has 2 N–H and O–H groups in total. The molecule has 1 unspecified atom stereocenters. The average Bonchev–Trinajstić information content (AvgIpc) is 2.78. The molecular weight excluding hydrogens is 214 g/mol. The predicted octanol–water partition coefficient (Wildman–Crippen LogP) is 1.67. The second kappa shape index (κ2) is 4.18. The van der Waals surface area contributed by atoms with Crippen LogP contribution >= 0.6 is 0 Å². The lowest BCUT2D eigenvalue weighted by Crippen LogP contribution is -2.43. The van der Waals surface area contributed by atoms with Gasteiger partial charge in [-0.3, -0.25) is 0 Å². The zero-order valence-electron chi connectivity index (χ0n) is 10.1. The average molecular weight is 233 g/mol. The van der Waals surface area contributed by atoms with Crippen LogP contribution in [0.15, 0.2) is 18.3 Å². The SMILES string of the molecule is Nc1ccc(N2CCCC3(CCOC3)C2)cn1. The van der Waals surface area contributed by atoms with Crippen molar-refractivity contribution in [1.29, 1.82) is 0 Å². The van der Waals surface area contributed by atoms with Crippen LogP contribution in [0.2, 0.25) is 0 Å². The van der Waals surface area contributed by atoms with E-state index in [-0.39, 0.29) is 0 Å². The summed E-state index contributed by atoms with van der Waals surface area (Å²) in [5.41, 5.74) is 7.20. The Morgan fingerprint density at radius 1 is 1.35 bits per heavy atom. The quantitative estimate of drug-likeness (QED) is 0.801. The van der Waals surface area contributed by atoms with Crippen molar-refractivity contribution in [2.24, 2.45) is 5.41 Å². The normalized spacial score (nSPS) is 28.8. The topological polar surface area (TPSA) is 51.4 Å². The molecule has 2 aliphatic heterocycles. The van der Waals surface area contributed by atoms with E-state index in [4.69, 9.17) is 10.5 Å². The summed E-state index contributed by atoms with van der Waals surface area (Å²) in [7, 11) is 0. The Morgan fingerprint density at radius 2 is 2.29 bits per heavy atom. The fraction of sp³-hybridized carbons (Fsp3) is 0.615. The van der Waals surface area contributed by atoms with E-state index < -0.39 is 0 Å². The number of nitrogen functional groups attached to an aromatic ring is 1. The Morgan fingerprint density at radius 3 is 3.00 bits per heavy atom. The maximum atomic E-state index is 5.62. The number of hydrogen-bond donors (Lipinski definition) is 1. The van der Waals surface area contributed by atoms with E-state index in [0.717, 1.165) is 26.3 Å². The molecule has 2 fully saturated rings. The van der Waals surface area contributed by atoms with Crippen LogP contribution in [0.5, 0.6) is 0 Å². The van der Waals surface area contributed by atoms with E-state index in [1.807, 2.05) is 12.3 Å². The summed E-state index contributed by atoms with van der Waals surface area (Å²) in [6.45, 7) is 4.06. The third-order valence-electron chi connectivity index (χ3n) is 3.98. The first-order chi connectivity index (χ1) is 8.27. The molecule has 1 aromatic heterocycles. The standard InChI is InChI=1S/C13H19N3O/c14-12-3-2-11(8-15-12)16-6-1-4-13(9-16)5-7-17-10-13/h2-3,8H,1,4-7,9-10H2,(H2,14,15). The first-order valence-corrected chi connectivity index (χ1v) is 6.32. The minimum Gasteiger partial charge on any atom is -0.384 e. The molecule has 2 saturated heterocycles. The first-order valence-electron chi connectivity index (χ1n) is 6.32. The maximum Gasteiger partial charge on any atom is 0.123 e. The van der Waals surface area contributed by atoms with Crippen molar-refractivity contribution in [3.63, 3.8) is 0 Å². The summed E-state index contributed by atoms with van der Waals surface area (Å²) in [6, 6.07) is 3.94. The monoisotopic (exact) mass is 233 g/mol. The number of hydrogen-bond acceptors (Lipinski definition) is 4. The van der Waals surface area contributed by atoms with Crippen LogP contribution in [0.1, 0.15) is 19.3 Å². The van der Waals surface area contributed by atoms with Crippen LogP contribution in [0.3, 0.4) is 0 Å². The highest BCUT2D eigenvalue weighted by Crippen LogP contribution is 2.38. The van der Waals surface area contributed by atoms with Gasteiger partial charge in [-0.2, -0.15) is 0 Å². The van der Waals surface area contributed by atoms with Gasteiger partial charge in [0.2, 0.25) is 0 Å². The molecule has 0 aliphatic carbocycles. The highest BCUT2D eigenvalue weighted by molar-refractivity contribution is 5.48. The number of rotatable bonds is 1. The van der Waals surface area contributed by atoms with Gasteiger partial charge in [-0.05, 0) is 31.4 Å². The van der Waals surface area contributed by atoms with Crippen molar-refractivity contribution in [2.75, 3.05) is 36.9 Å². The van der Waals surface area contributed by atoms with Crippen molar-refractivity contribution in [3.8, 4) is 0 Å². The molecule has 3 heterocycles. The molecule has 4 nitrogen and oxygen atoms in total. The minimum atomic E-state index is 0.389.